The monoisotopic (exact) mass is 424 g/mol. The molecule has 0 fully saturated rings. The largest absolute Gasteiger partial charge is 0.312 e. The molecule has 10 heteroatoms. The van der Waals surface area contributed by atoms with Crippen molar-refractivity contribution in [3.63, 3.8) is 0 Å². The fraction of sp³-hybridized carbons (Fsp3) is 0.333. The molecule has 0 aliphatic rings. The van der Waals surface area contributed by atoms with Crippen molar-refractivity contribution in [1.29, 1.82) is 0 Å². The Morgan fingerprint density at radius 1 is 1.16 bits per heavy atom. The summed E-state index contributed by atoms with van der Waals surface area (Å²) in [4.78, 5) is 0.105. The van der Waals surface area contributed by atoms with Crippen LogP contribution < -0.4 is 10.5 Å². The van der Waals surface area contributed by atoms with E-state index in [4.69, 9.17) is 5.14 Å². The summed E-state index contributed by atoms with van der Waals surface area (Å²) in [5, 5.41) is 9.57. The van der Waals surface area contributed by atoms with E-state index in [9.17, 15) is 16.8 Å². The summed E-state index contributed by atoms with van der Waals surface area (Å²) in [6, 6.07) is 7.79. The normalized spacial score (nSPS) is 12.2. The average Bonchev–Trinajstić information content (AvgIpc) is 2.98. The van der Waals surface area contributed by atoms with Gasteiger partial charge in [0.05, 0.1) is 9.79 Å². The number of hydrogen-bond donors (Lipinski definition) is 2. The second-order valence-electron chi connectivity index (χ2n) is 5.78. The number of rotatable bonds is 7. The zero-order chi connectivity index (χ0) is 18.0. The zero-order valence-electron chi connectivity index (χ0n) is 13.8. The van der Waals surface area contributed by atoms with Crippen LogP contribution in [0, 0.1) is 5.92 Å². The molecule has 1 aromatic carbocycles. The van der Waals surface area contributed by atoms with Crippen LogP contribution in [0.5, 0.6) is 0 Å². The molecular formula is C15H21ClN2O4S3. The average molecular weight is 425 g/mol. The van der Waals surface area contributed by atoms with Gasteiger partial charge in [-0.25, -0.2) is 22.0 Å². The molecule has 0 aliphatic heterocycles. The third-order valence-corrected chi connectivity index (χ3v) is 7.64. The van der Waals surface area contributed by atoms with Gasteiger partial charge < -0.3 is 5.32 Å². The molecule has 0 saturated heterocycles. The number of sulfonamides is 1. The number of sulfone groups is 1. The molecule has 0 spiro atoms. The lowest BCUT2D eigenvalue weighted by Crippen LogP contribution is -2.20. The van der Waals surface area contributed by atoms with Gasteiger partial charge in [0.15, 0.2) is 0 Å². The maximum Gasteiger partial charge on any atom is 0.247 e. The van der Waals surface area contributed by atoms with Crippen LogP contribution in [0.4, 0.5) is 0 Å². The molecule has 3 N–H and O–H groups in total. The molecular weight excluding hydrogens is 404 g/mol. The molecule has 2 rings (SSSR count). The number of primary sulfonamides is 1. The lowest BCUT2D eigenvalue weighted by molar-refractivity contribution is 0.548. The van der Waals surface area contributed by atoms with Crippen LogP contribution in [-0.4, -0.2) is 23.4 Å². The van der Waals surface area contributed by atoms with E-state index in [1.165, 1.54) is 11.4 Å². The van der Waals surface area contributed by atoms with E-state index in [2.05, 4.69) is 19.2 Å². The van der Waals surface area contributed by atoms with Crippen LogP contribution in [-0.2, 0) is 26.4 Å². The topological polar surface area (TPSA) is 106 Å². The first-order valence-electron chi connectivity index (χ1n) is 7.27. The van der Waals surface area contributed by atoms with Gasteiger partial charge in [-0.15, -0.1) is 23.7 Å². The molecule has 0 bridgehead atoms. The minimum atomic E-state index is -3.92. The van der Waals surface area contributed by atoms with Crippen molar-refractivity contribution in [3.8, 4) is 0 Å². The van der Waals surface area contributed by atoms with Crippen molar-refractivity contribution in [2.24, 2.45) is 11.1 Å². The minimum absolute atomic E-state index is 0. The predicted molar refractivity (Wildman–Crippen MR) is 101 cm³/mol. The number of hydrogen-bond acceptors (Lipinski definition) is 6. The Bertz CT molecular complexity index is 922. The predicted octanol–water partition coefficient (Wildman–Crippen LogP) is 2.40. The highest BCUT2D eigenvalue weighted by Crippen LogP contribution is 2.29. The summed E-state index contributed by atoms with van der Waals surface area (Å²) < 4.78 is 48.2. The van der Waals surface area contributed by atoms with Gasteiger partial charge in [-0.2, -0.15) is 0 Å². The standard InChI is InChI=1S/C15H20N2O4S3.ClH/c1-11(2)8-17-9-12-5-3-4-6-14(12)23(18,19)13-7-15(22-10-13)24(16,20)21;/h3-7,10-11,17H,8-9H2,1-2H3,(H2,16,20,21);1H. The Hall–Kier alpha value is -0.970. The van der Waals surface area contributed by atoms with E-state index in [1.807, 2.05) is 0 Å². The van der Waals surface area contributed by atoms with Crippen molar-refractivity contribution < 1.29 is 16.8 Å². The molecule has 25 heavy (non-hydrogen) atoms. The van der Waals surface area contributed by atoms with Gasteiger partial charge in [-0.3, -0.25) is 0 Å². The molecule has 1 aromatic heterocycles. The number of nitrogens with two attached hydrogens (primary N) is 1. The molecule has 1 heterocycles. The number of benzene rings is 1. The maximum absolute atomic E-state index is 12.8. The van der Waals surface area contributed by atoms with Crippen molar-refractivity contribution in [3.05, 3.63) is 41.3 Å². The second-order valence-corrected chi connectivity index (χ2v) is 10.4. The Morgan fingerprint density at radius 2 is 1.80 bits per heavy atom. The first-order valence-corrected chi connectivity index (χ1v) is 11.2. The van der Waals surface area contributed by atoms with Crippen LogP contribution in [0.3, 0.4) is 0 Å². The van der Waals surface area contributed by atoms with Crippen molar-refractivity contribution in [2.75, 3.05) is 6.54 Å². The Kier molecular flexibility index (Phi) is 7.60. The van der Waals surface area contributed by atoms with E-state index >= 15 is 0 Å². The molecule has 0 atom stereocenters. The van der Waals surface area contributed by atoms with Crippen molar-refractivity contribution in [2.45, 2.75) is 34.4 Å². The molecule has 0 unspecified atom stereocenters. The fourth-order valence-electron chi connectivity index (χ4n) is 2.12. The lowest BCUT2D eigenvalue weighted by atomic mass is 10.2. The van der Waals surface area contributed by atoms with Crippen molar-refractivity contribution >= 4 is 43.6 Å². The van der Waals surface area contributed by atoms with E-state index in [-0.39, 0.29) is 26.4 Å². The Morgan fingerprint density at radius 3 is 2.36 bits per heavy atom. The number of thiophene rings is 1. The number of halogens is 1. The molecule has 140 valence electrons. The van der Waals surface area contributed by atoms with Gasteiger partial charge in [0.2, 0.25) is 19.9 Å². The van der Waals surface area contributed by atoms with Gasteiger partial charge in [0.1, 0.15) is 4.21 Å². The summed E-state index contributed by atoms with van der Waals surface area (Å²) >= 11 is 0.798. The quantitative estimate of drug-likeness (QED) is 0.709. The summed E-state index contributed by atoms with van der Waals surface area (Å²) in [5.74, 6) is 0.447. The highest BCUT2D eigenvalue weighted by atomic mass is 35.5. The molecule has 0 aliphatic carbocycles. The summed E-state index contributed by atoms with van der Waals surface area (Å²) in [6.45, 7) is 5.31. The van der Waals surface area contributed by atoms with Crippen LogP contribution >= 0.6 is 23.7 Å². The maximum atomic E-state index is 12.8. The second kappa shape index (κ2) is 8.61. The molecule has 2 aromatic rings. The van der Waals surface area contributed by atoms with Crippen molar-refractivity contribution in [1.82, 2.24) is 5.32 Å². The molecule has 0 saturated carbocycles. The lowest BCUT2D eigenvalue weighted by Gasteiger charge is -2.12. The Balaban J connectivity index is 0.00000312. The summed E-state index contributed by atoms with van der Waals surface area (Å²) in [7, 11) is -7.73. The molecule has 0 amide bonds. The van der Waals surface area contributed by atoms with Gasteiger partial charge in [-0.1, -0.05) is 32.0 Å². The van der Waals surface area contributed by atoms with Crippen LogP contribution in [0.1, 0.15) is 19.4 Å². The summed E-state index contributed by atoms with van der Waals surface area (Å²) in [6.07, 6.45) is 0. The first kappa shape index (κ1) is 22.1. The Labute approximate surface area is 158 Å². The van der Waals surface area contributed by atoms with E-state index in [0.29, 0.717) is 18.0 Å². The third-order valence-electron chi connectivity index (χ3n) is 3.27. The first-order chi connectivity index (χ1) is 11.1. The minimum Gasteiger partial charge on any atom is -0.312 e. The van der Waals surface area contributed by atoms with E-state index < -0.39 is 19.9 Å². The van der Waals surface area contributed by atoms with E-state index in [0.717, 1.165) is 23.9 Å². The molecule has 0 radical (unpaired) electrons. The third kappa shape index (κ3) is 5.50. The van der Waals surface area contributed by atoms with Gasteiger partial charge >= 0.3 is 0 Å². The van der Waals surface area contributed by atoms with Crippen LogP contribution in [0.15, 0.2) is 49.7 Å². The fourth-order valence-corrected chi connectivity index (χ4v) is 5.66. The summed E-state index contributed by atoms with van der Waals surface area (Å²) in [5.41, 5.74) is 0.640. The van der Waals surface area contributed by atoms with Gasteiger partial charge in [-0.05, 0) is 30.2 Å². The van der Waals surface area contributed by atoms with Gasteiger partial charge in [0.25, 0.3) is 0 Å². The highest BCUT2D eigenvalue weighted by Gasteiger charge is 2.24. The van der Waals surface area contributed by atoms with Crippen LogP contribution in [0.25, 0.3) is 0 Å². The SMILES string of the molecule is CC(C)CNCc1ccccc1S(=O)(=O)c1csc(S(N)(=O)=O)c1.Cl. The smallest absolute Gasteiger partial charge is 0.247 e. The van der Waals surface area contributed by atoms with Crippen LogP contribution in [0.2, 0.25) is 0 Å². The van der Waals surface area contributed by atoms with E-state index in [1.54, 1.807) is 18.2 Å². The molecule has 6 nitrogen and oxygen atoms in total. The number of nitrogens with one attached hydrogen (secondary N) is 1. The highest BCUT2D eigenvalue weighted by molar-refractivity contribution is 7.92. The van der Waals surface area contributed by atoms with Gasteiger partial charge in [0, 0.05) is 11.9 Å². The zero-order valence-corrected chi connectivity index (χ0v) is 17.1.